The highest BCUT2D eigenvalue weighted by atomic mass is 16.3. The zero-order valence-corrected chi connectivity index (χ0v) is 11.6. The first-order valence-electron chi connectivity index (χ1n) is 7.29. The summed E-state index contributed by atoms with van der Waals surface area (Å²) in [4.78, 5) is 6.83. The maximum absolute atomic E-state index is 10.7. The van der Waals surface area contributed by atoms with Gasteiger partial charge in [0, 0.05) is 24.7 Å². The van der Waals surface area contributed by atoms with E-state index in [1.165, 1.54) is 6.42 Å². The number of aryl methyl sites for hydroxylation is 1. The molecule has 1 saturated heterocycles. The molecule has 3 rings (SSSR count). The maximum Gasteiger partial charge on any atom is 0.152 e. The van der Waals surface area contributed by atoms with Gasteiger partial charge >= 0.3 is 0 Å². The van der Waals surface area contributed by atoms with Crippen LogP contribution in [-0.2, 0) is 0 Å². The molecular formula is C15H23N3O. The average Bonchev–Trinajstić information content (AvgIpc) is 2.40. The quantitative estimate of drug-likeness (QED) is 0.812. The molecule has 4 nitrogen and oxygen atoms in total. The van der Waals surface area contributed by atoms with Crippen molar-refractivity contribution in [2.24, 2.45) is 5.92 Å². The monoisotopic (exact) mass is 261 g/mol. The van der Waals surface area contributed by atoms with Gasteiger partial charge in [0.1, 0.15) is 0 Å². The van der Waals surface area contributed by atoms with Crippen molar-refractivity contribution in [2.75, 3.05) is 23.7 Å². The molecular weight excluding hydrogens is 238 g/mol. The van der Waals surface area contributed by atoms with Crippen LogP contribution in [0.5, 0.6) is 0 Å². The van der Waals surface area contributed by atoms with Crippen molar-refractivity contribution >= 4 is 11.5 Å². The summed E-state index contributed by atoms with van der Waals surface area (Å²) in [6.45, 7) is 3.73. The highest BCUT2D eigenvalue weighted by Crippen LogP contribution is 2.41. The largest absolute Gasteiger partial charge is 0.396 e. The Kier molecular flexibility index (Phi) is 3.13. The van der Waals surface area contributed by atoms with Gasteiger partial charge in [0.2, 0.25) is 0 Å². The molecule has 2 aliphatic rings. The van der Waals surface area contributed by atoms with Gasteiger partial charge in [0.15, 0.2) is 5.82 Å². The van der Waals surface area contributed by atoms with E-state index in [1.807, 2.05) is 19.1 Å². The number of nitrogens with zero attached hydrogens (tertiary/aromatic N) is 2. The Balaban J connectivity index is 1.82. The number of rotatable bonds is 1. The van der Waals surface area contributed by atoms with Gasteiger partial charge < -0.3 is 15.7 Å². The summed E-state index contributed by atoms with van der Waals surface area (Å²) in [5.74, 6) is 1.27. The molecule has 2 heterocycles. The number of nitrogen functional groups attached to an aromatic ring is 1. The number of fused-ring (bicyclic) bond motifs is 1. The molecule has 104 valence electrons. The third-order valence-corrected chi connectivity index (χ3v) is 4.77. The fourth-order valence-corrected chi connectivity index (χ4v) is 3.57. The van der Waals surface area contributed by atoms with Crippen molar-refractivity contribution in [3.05, 3.63) is 17.8 Å². The van der Waals surface area contributed by atoms with Gasteiger partial charge in [-0.1, -0.05) is 12.8 Å². The molecule has 0 bridgehead atoms. The smallest absolute Gasteiger partial charge is 0.152 e. The molecule has 1 aliphatic carbocycles. The maximum atomic E-state index is 10.7. The van der Waals surface area contributed by atoms with Crippen LogP contribution in [0.1, 0.15) is 37.8 Å². The Morgan fingerprint density at radius 3 is 3.05 bits per heavy atom. The van der Waals surface area contributed by atoms with E-state index in [0.29, 0.717) is 5.92 Å². The van der Waals surface area contributed by atoms with Crippen molar-refractivity contribution in [3.8, 4) is 0 Å². The van der Waals surface area contributed by atoms with Crippen LogP contribution in [0.3, 0.4) is 0 Å². The standard InChI is InChI=1S/C15H23N3O/c1-11-5-6-13(16)14(17-11)18-9-8-15(19)7-3-2-4-12(15)10-18/h5-6,12,19H,2-4,7-10,16H2,1H3. The molecule has 1 saturated carbocycles. The molecule has 4 heteroatoms. The van der Waals surface area contributed by atoms with E-state index in [2.05, 4.69) is 9.88 Å². The van der Waals surface area contributed by atoms with Gasteiger partial charge in [-0.25, -0.2) is 4.98 Å². The summed E-state index contributed by atoms with van der Waals surface area (Å²) in [6.07, 6.45) is 5.32. The van der Waals surface area contributed by atoms with Crippen molar-refractivity contribution in [2.45, 2.75) is 44.6 Å². The molecule has 1 aromatic heterocycles. The minimum Gasteiger partial charge on any atom is -0.396 e. The lowest BCUT2D eigenvalue weighted by Gasteiger charge is -2.47. The van der Waals surface area contributed by atoms with Crippen LogP contribution in [0, 0.1) is 12.8 Å². The van der Waals surface area contributed by atoms with Crippen molar-refractivity contribution in [1.82, 2.24) is 4.98 Å². The first-order chi connectivity index (χ1) is 9.08. The Labute approximate surface area is 114 Å². The molecule has 2 unspecified atom stereocenters. The minimum absolute atomic E-state index is 0.372. The first-order valence-corrected chi connectivity index (χ1v) is 7.29. The fraction of sp³-hybridized carbons (Fsp3) is 0.667. The lowest BCUT2D eigenvalue weighted by atomic mass is 9.71. The summed E-state index contributed by atoms with van der Waals surface area (Å²) >= 11 is 0. The number of anilines is 2. The number of hydrogen-bond acceptors (Lipinski definition) is 4. The Morgan fingerprint density at radius 2 is 2.21 bits per heavy atom. The van der Waals surface area contributed by atoms with Crippen LogP contribution in [0.25, 0.3) is 0 Å². The topological polar surface area (TPSA) is 62.4 Å². The lowest BCUT2D eigenvalue weighted by Crippen LogP contribution is -2.53. The first kappa shape index (κ1) is 12.7. The van der Waals surface area contributed by atoms with Gasteiger partial charge in [0.05, 0.1) is 11.3 Å². The highest BCUT2D eigenvalue weighted by Gasteiger charge is 2.43. The van der Waals surface area contributed by atoms with Gasteiger partial charge in [-0.15, -0.1) is 0 Å². The van der Waals surface area contributed by atoms with Crippen LogP contribution in [-0.4, -0.2) is 28.8 Å². The molecule has 19 heavy (non-hydrogen) atoms. The number of nitrogens with two attached hydrogens (primary N) is 1. The number of piperidine rings is 1. The van der Waals surface area contributed by atoms with Gasteiger partial charge in [-0.05, 0) is 38.3 Å². The third-order valence-electron chi connectivity index (χ3n) is 4.77. The summed E-state index contributed by atoms with van der Waals surface area (Å²) < 4.78 is 0. The predicted octanol–water partition coefficient (Wildman–Crippen LogP) is 2.10. The Bertz CT molecular complexity index is 476. The molecule has 2 fully saturated rings. The second kappa shape index (κ2) is 4.67. The SMILES string of the molecule is Cc1ccc(N)c(N2CCC3(O)CCCCC3C2)n1. The second-order valence-corrected chi connectivity index (χ2v) is 6.11. The lowest BCUT2D eigenvalue weighted by molar-refractivity contribution is -0.0613. The molecule has 0 radical (unpaired) electrons. The molecule has 3 N–H and O–H groups in total. The van der Waals surface area contributed by atoms with Crippen molar-refractivity contribution in [3.63, 3.8) is 0 Å². The van der Waals surface area contributed by atoms with Crippen molar-refractivity contribution < 1.29 is 5.11 Å². The zero-order valence-electron chi connectivity index (χ0n) is 11.6. The highest BCUT2D eigenvalue weighted by molar-refractivity contribution is 5.63. The molecule has 1 aromatic rings. The molecule has 0 spiro atoms. The predicted molar refractivity (Wildman–Crippen MR) is 77.1 cm³/mol. The summed E-state index contributed by atoms with van der Waals surface area (Å²) in [5, 5.41) is 10.7. The average molecular weight is 261 g/mol. The Hall–Kier alpha value is -1.29. The van der Waals surface area contributed by atoms with E-state index in [1.54, 1.807) is 0 Å². The van der Waals surface area contributed by atoms with Gasteiger partial charge in [0.25, 0.3) is 0 Å². The summed E-state index contributed by atoms with van der Waals surface area (Å²) in [5.41, 5.74) is 7.35. The third kappa shape index (κ3) is 2.29. The summed E-state index contributed by atoms with van der Waals surface area (Å²) in [7, 11) is 0. The zero-order chi connectivity index (χ0) is 13.5. The van der Waals surface area contributed by atoms with E-state index >= 15 is 0 Å². The van der Waals surface area contributed by atoms with E-state index in [-0.39, 0.29) is 0 Å². The van der Waals surface area contributed by atoms with Crippen LogP contribution in [0.15, 0.2) is 12.1 Å². The van der Waals surface area contributed by atoms with Crippen molar-refractivity contribution in [1.29, 1.82) is 0 Å². The van der Waals surface area contributed by atoms with E-state index in [9.17, 15) is 5.11 Å². The molecule has 2 atom stereocenters. The molecule has 0 amide bonds. The van der Waals surface area contributed by atoms with Gasteiger partial charge in [-0.3, -0.25) is 0 Å². The van der Waals surface area contributed by atoms with Crippen LogP contribution >= 0.6 is 0 Å². The second-order valence-electron chi connectivity index (χ2n) is 6.11. The molecule has 0 aromatic carbocycles. The van der Waals surface area contributed by atoms with E-state index in [0.717, 1.165) is 56.0 Å². The number of hydrogen-bond donors (Lipinski definition) is 2. The normalized spacial score (nSPS) is 31.1. The Morgan fingerprint density at radius 1 is 1.37 bits per heavy atom. The number of pyridine rings is 1. The van der Waals surface area contributed by atoms with Gasteiger partial charge in [-0.2, -0.15) is 0 Å². The van der Waals surface area contributed by atoms with E-state index < -0.39 is 5.60 Å². The number of aromatic nitrogens is 1. The van der Waals surface area contributed by atoms with Crippen LogP contribution in [0.2, 0.25) is 0 Å². The molecule has 1 aliphatic heterocycles. The number of aliphatic hydroxyl groups is 1. The fourth-order valence-electron chi connectivity index (χ4n) is 3.57. The van der Waals surface area contributed by atoms with E-state index in [4.69, 9.17) is 5.73 Å². The van der Waals surface area contributed by atoms with Crippen LogP contribution < -0.4 is 10.6 Å². The van der Waals surface area contributed by atoms with Crippen LogP contribution in [0.4, 0.5) is 11.5 Å². The minimum atomic E-state index is -0.437. The summed E-state index contributed by atoms with van der Waals surface area (Å²) in [6, 6.07) is 3.87.